The number of aryl methyl sites for hydroxylation is 1. The molecule has 2 nitrogen and oxygen atoms in total. The summed E-state index contributed by atoms with van der Waals surface area (Å²) in [6, 6.07) is 19.3. The fraction of sp³-hybridized carbons (Fsp3) is 0.174. The van der Waals surface area contributed by atoms with E-state index in [2.05, 4.69) is 77.9 Å². The van der Waals surface area contributed by atoms with Gasteiger partial charge in [0.2, 0.25) is 5.52 Å². The van der Waals surface area contributed by atoms with Crippen molar-refractivity contribution in [3.8, 4) is 0 Å². The van der Waals surface area contributed by atoms with Crippen LogP contribution in [0.5, 0.6) is 0 Å². The van der Waals surface area contributed by atoms with Crippen LogP contribution in [0.4, 0.5) is 5.69 Å². The highest BCUT2D eigenvalue weighted by Gasteiger charge is 2.27. The van der Waals surface area contributed by atoms with Crippen molar-refractivity contribution < 1.29 is 4.57 Å². The highest BCUT2D eigenvalue weighted by molar-refractivity contribution is 8.03. The van der Waals surface area contributed by atoms with Crippen molar-refractivity contribution in [2.24, 2.45) is 0 Å². The van der Waals surface area contributed by atoms with E-state index < -0.39 is 0 Å². The lowest BCUT2D eigenvalue weighted by molar-refractivity contribution is -0.664. The third-order valence-corrected chi connectivity index (χ3v) is 7.63. The maximum atomic E-state index is 6.25. The van der Waals surface area contributed by atoms with Gasteiger partial charge in [-0.1, -0.05) is 59.0 Å². The maximum Gasteiger partial charge on any atom is 0.265 e. The van der Waals surface area contributed by atoms with E-state index in [1.54, 1.807) is 0 Å². The van der Waals surface area contributed by atoms with E-state index in [9.17, 15) is 0 Å². The van der Waals surface area contributed by atoms with Crippen molar-refractivity contribution in [2.45, 2.75) is 25.3 Å². The number of thiazole rings is 1. The fourth-order valence-electron chi connectivity index (χ4n) is 3.91. The summed E-state index contributed by atoms with van der Waals surface area (Å²) >= 11 is 9.94. The molecule has 0 spiro atoms. The van der Waals surface area contributed by atoms with Crippen LogP contribution in [-0.4, -0.2) is 6.54 Å². The van der Waals surface area contributed by atoms with Crippen LogP contribution in [-0.2, 0) is 6.54 Å². The number of aromatic nitrogens is 1. The van der Waals surface area contributed by atoms with Gasteiger partial charge in [-0.2, -0.15) is 4.57 Å². The molecule has 28 heavy (non-hydrogen) atoms. The van der Waals surface area contributed by atoms with Crippen LogP contribution in [0.15, 0.2) is 64.5 Å². The Labute approximate surface area is 178 Å². The molecule has 3 aromatic carbocycles. The average molecular weight is 424 g/mol. The molecular weight excluding hydrogens is 404 g/mol. The van der Waals surface area contributed by atoms with Gasteiger partial charge in [-0.3, -0.25) is 0 Å². The zero-order chi connectivity index (χ0) is 19.3. The van der Waals surface area contributed by atoms with E-state index in [1.807, 2.05) is 29.2 Å². The molecule has 1 aliphatic rings. The van der Waals surface area contributed by atoms with Crippen LogP contribution in [0.2, 0.25) is 5.02 Å². The second-order valence-electron chi connectivity index (χ2n) is 6.76. The fourth-order valence-corrected chi connectivity index (χ4v) is 6.47. The van der Waals surface area contributed by atoms with Gasteiger partial charge in [0.25, 0.3) is 5.01 Å². The molecule has 0 saturated carbocycles. The molecular formula is C23H20ClN2S2+. The average Bonchev–Trinajstić information content (AvgIpc) is 3.24. The minimum absolute atomic E-state index is 0.788. The molecule has 1 aromatic heterocycles. The van der Waals surface area contributed by atoms with Gasteiger partial charge in [0.05, 0.1) is 22.2 Å². The lowest BCUT2D eigenvalue weighted by atomic mass is 10.1. The summed E-state index contributed by atoms with van der Waals surface area (Å²) in [6.45, 7) is 6.29. The Morgan fingerprint density at radius 3 is 2.75 bits per heavy atom. The van der Waals surface area contributed by atoms with Gasteiger partial charge in [-0.05, 0) is 49.6 Å². The Balaban J connectivity index is 1.69. The van der Waals surface area contributed by atoms with E-state index in [0.29, 0.717) is 0 Å². The van der Waals surface area contributed by atoms with Crippen LogP contribution >= 0.6 is 34.7 Å². The van der Waals surface area contributed by atoms with Crippen LogP contribution in [0.25, 0.3) is 27.1 Å². The number of rotatable bonds is 3. The molecule has 2 heterocycles. The number of hydrogen-bond acceptors (Lipinski definition) is 3. The molecule has 0 radical (unpaired) electrons. The highest BCUT2D eigenvalue weighted by Crippen LogP contribution is 2.47. The minimum Gasteiger partial charge on any atom is -0.335 e. The number of nitrogens with zero attached hydrogens (tertiary/aromatic N) is 2. The summed E-state index contributed by atoms with van der Waals surface area (Å²) < 4.78 is 3.78. The summed E-state index contributed by atoms with van der Waals surface area (Å²) in [7, 11) is 0. The monoisotopic (exact) mass is 423 g/mol. The predicted molar refractivity (Wildman–Crippen MR) is 124 cm³/mol. The molecule has 0 saturated heterocycles. The van der Waals surface area contributed by atoms with E-state index in [4.69, 9.17) is 11.6 Å². The van der Waals surface area contributed by atoms with Gasteiger partial charge in [0.15, 0.2) is 0 Å². The Hall–Kier alpha value is -2.01. The van der Waals surface area contributed by atoms with E-state index in [1.165, 1.54) is 41.6 Å². The van der Waals surface area contributed by atoms with E-state index in [0.717, 1.165) is 18.1 Å². The molecule has 5 rings (SSSR count). The van der Waals surface area contributed by atoms with Crippen molar-refractivity contribution in [1.29, 1.82) is 0 Å². The van der Waals surface area contributed by atoms with Gasteiger partial charge in [0.1, 0.15) is 11.2 Å². The lowest BCUT2D eigenvalue weighted by Crippen LogP contribution is -2.34. The molecule has 0 atom stereocenters. The molecule has 0 fully saturated rings. The Morgan fingerprint density at radius 1 is 1.07 bits per heavy atom. The second-order valence-corrected chi connectivity index (χ2v) is 9.32. The Bertz CT molecular complexity index is 1240. The van der Waals surface area contributed by atoms with Gasteiger partial charge in [-0.15, -0.1) is 0 Å². The second kappa shape index (κ2) is 7.11. The van der Waals surface area contributed by atoms with Crippen molar-refractivity contribution in [2.75, 3.05) is 11.4 Å². The first-order valence-corrected chi connectivity index (χ1v) is 11.5. The highest BCUT2D eigenvalue weighted by atomic mass is 35.5. The van der Waals surface area contributed by atoms with Crippen LogP contribution in [0.3, 0.4) is 0 Å². The zero-order valence-corrected chi connectivity index (χ0v) is 18.2. The Morgan fingerprint density at radius 2 is 1.93 bits per heavy atom. The van der Waals surface area contributed by atoms with Crippen LogP contribution in [0, 0.1) is 0 Å². The van der Waals surface area contributed by atoms with Crippen molar-refractivity contribution in [3.63, 3.8) is 0 Å². The number of benzene rings is 3. The topological polar surface area (TPSA) is 7.12 Å². The zero-order valence-electron chi connectivity index (χ0n) is 15.8. The van der Waals surface area contributed by atoms with Gasteiger partial charge in [0, 0.05) is 16.5 Å². The first-order chi connectivity index (χ1) is 13.7. The van der Waals surface area contributed by atoms with Gasteiger partial charge in [-0.25, -0.2) is 0 Å². The van der Waals surface area contributed by atoms with E-state index in [-0.39, 0.29) is 0 Å². The summed E-state index contributed by atoms with van der Waals surface area (Å²) in [5, 5.41) is 5.95. The minimum atomic E-state index is 0.788. The molecule has 4 aromatic rings. The summed E-state index contributed by atoms with van der Waals surface area (Å²) in [5.74, 6) is 0. The third kappa shape index (κ3) is 2.83. The normalized spacial score (nSPS) is 15.1. The standard InChI is InChI=1S/C23H20ClN2S2/c1-3-25-18-13-16(24)10-12-19(18)27-21(25)14-22-26(4-2)23-17-8-6-5-7-15(17)9-11-20(23)28-22/h5-14H,3-4H2,1-2H3/q+1. The lowest BCUT2D eigenvalue weighted by Gasteiger charge is -2.17. The summed E-state index contributed by atoms with van der Waals surface area (Å²) in [5.41, 5.74) is 2.55. The van der Waals surface area contributed by atoms with Crippen LogP contribution < -0.4 is 9.47 Å². The maximum absolute atomic E-state index is 6.25. The number of hydrogen-bond donors (Lipinski definition) is 0. The summed E-state index contributed by atoms with van der Waals surface area (Å²) in [4.78, 5) is 3.63. The molecule has 0 unspecified atom stereocenters. The smallest absolute Gasteiger partial charge is 0.265 e. The van der Waals surface area contributed by atoms with Crippen molar-refractivity contribution >= 4 is 67.5 Å². The van der Waals surface area contributed by atoms with E-state index >= 15 is 0 Å². The first-order valence-electron chi connectivity index (χ1n) is 9.50. The van der Waals surface area contributed by atoms with Crippen LogP contribution in [0.1, 0.15) is 18.9 Å². The Kier molecular flexibility index (Phi) is 4.58. The number of anilines is 1. The molecule has 1 aliphatic heterocycles. The van der Waals surface area contributed by atoms with Crippen molar-refractivity contribution in [1.82, 2.24) is 0 Å². The molecule has 0 aliphatic carbocycles. The summed E-state index contributed by atoms with van der Waals surface area (Å²) in [6.07, 6.45) is 2.34. The molecule has 140 valence electrons. The third-order valence-electron chi connectivity index (χ3n) is 5.19. The first kappa shape index (κ1) is 18.0. The number of fused-ring (bicyclic) bond motifs is 4. The quantitative estimate of drug-likeness (QED) is 0.329. The van der Waals surface area contributed by atoms with Gasteiger partial charge < -0.3 is 4.90 Å². The molecule has 0 amide bonds. The largest absolute Gasteiger partial charge is 0.335 e. The molecule has 5 heteroatoms. The SMILES string of the molecule is CCN1C(=Cc2sc3ccc4ccccc4c3[n+]2CC)Sc2ccc(Cl)cc21. The number of halogens is 1. The number of thioether (sulfide) groups is 1. The molecule has 0 N–H and O–H groups in total. The molecule has 0 bridgehead atoms. The van der Waals surface area contributed by atoms with Crippen molar-refractivity contribution in [3.05, 3.63) is 69.7 Å². The predicted octanol–water partition coefficient (Wildman–Crippen LogP) is 6.95. The van der Waals surface area contributed by atoms with Gasteiger partial charge >= 0.3 is 0 Å².